The first-order valence-corrected chi connectivity index (χ1v) is 47.0. The van der Waals surface area contributed by atoms with Gasteiger partial charge in [-0.3, -0.25) is 13.9 Å². The number of hydrogen-bond donors (Lipinski definition) is 8. The molecule has 4 unspecified atom stereocenters. The fourth-order valence-electron chi connectivity index (χ4n) is 13.5. The fraction of sp³-hybridized carbons (Fsp3) is 0.430. The van der Waals surface area contributed by atoms with Crippen molar-refractivity contribution in [1.29, 1.82) is 0 Å². The van der Waals surface area contributed by atoms with Gasteiger partial charge in [0.2, 0.25) is 0 Å². The minimum Gasteiger partial charge on any atom is -0.481 e. The number of rotatable bonds is 33. The van der Waals surface area contributed by atoms with E-state index in [0.717, 1.165) is 40.5 Å². The molecule has 6 fully saturated rings. The summed E-state index contributed by atoms with van der Waals surface area (Å²) in [6, 6.07) is 79.9. The van der Waals surface area contributed by atoms with Crippen LogP contribution in [0, 0.1) is 0 Å². The molecule has 14 rings (SSSR count). The maximum absolute atomic E-state index is 11.9. The van der Waals surface area contributed by atoms with Gasteiger partial charge in [-0.15, -0.1) is 0 Å². The zero-order chi connectivity index (χ0) is 85.3. The Morgan fingerprint density at radius 3 is 1.41 bits per heavy atom. The Morgan fingerprint density at radius 2 is 0.950 bits per heavy atom. The Labute approximate surface area is 717 Å². The van der Waals surface area contributed by atoms with E-state index in [9.17, 15) is 45.1 Å². The standard InChI is InChI=1S/C37H40O9S2.C26H28O3S.C11H12O6S.C9H18O9S2.C2H4O2.CH4/c38-48(39,40)46-32-24-44-37(31-19-11-4-12-20-31)45-33(32)26-47-27-34(42-22-29-15-7-2-8-16-29)36(43-23-30-17-9-3-10-18-30)35(47)25-41-21-28-13-5-1-6-14-28;1-4-10-21(11-5-1)16-27-19-25-26(29-18-23-14-8-3-9-15-23)24(20-30-25)28-17-22-12-6-2-7-13-22;12-18(13)15-7-9-10(17-18)6-14-11(16-9)8-4-2-1-3-5-8;10-1-7(18-20(15,16)17)5(12)3-19-4-6(13)9(14)8(19)2-11;1-2(3)4;/h1-20,32-37H,21-27H2;1-15,24-26H,16-20H2;1-5,9-11H,6-7H2;5-14H,1-4H2;1H3,(H,3,4);1H4/p+2/t32-,33+,34+,35+,36-,37?,47?;24-,25-,26+;9-,10+,11?;5-,6-,7+,8-,9+,19?;;/m0111../s1. The summed E-state index contributed by atoms with van der Waals surface area (Å²) in [5, 5.41) is 54.0. The summed E-state index contributed by atoms with van der Waals surface area (Å²) in [5.74, 6) is 1.24. The van der Waals surface area contributed by atoms with Gasteiger partial charge in [-0.25, -0.2) is 16.7 Å². The summed E-state index contributed by atoms with van der Waals surface area (Å²) in [6.45, 7) is 4.04. The number of benzene rings is 8. The molecule has 8 N–H and O–H groups in total. The van der Waals surface area contributed by atoms with E-state index in [4.69, 9.17) is 80.4 Å². The second-order valence-electron chi connectivity index (χ2n) is 28.3. The Morgan fingerprint density at radius 1 is 0.521 bits per heavy atom. The maximum Gasteiger partial charge on any atom is 0.400 e. The predicted octanol–water partition coefficient (Wildman–Crippen LogP) is 8.90. The van der Waals surface area contributed by atoms with Crippen molar-refractivity contribution in [3.63, 3.8) is 0 Å². The van der Waals surface area contributed by atoms with Crippen LogP contribution in [0.5, 0.6) is 0 Å². The lowest BCUT2D eigenvalue weighted by Crippen LogP contribution is -2.49. The van der Waals surface area contributed by atoms with Gasteiger partial charge in [0.05, 0.1) is 103 Å². The van der Waals surface area contributed by atoms with Gasteiger partial charge in [0.25, 0.3) is 5.97 Å². The maximum atomic E-state index is 11.9. The first-order valence-electron chi connectivity index (χ1n) is 38.6. The molecule has 19 atom stereocenters. The molecule has 8 aromatic carbocycles. The van der Waals surface area contributed by atoms with E-state index in [1.165, 1.54) is 16.7 Å². The molecule has 0 aromatic heterocycles. The Kier molecular flexibility index (Phi) is 40.9. The Hall–Kier alpha value is -6.71. The highest BCUT2D eigenvalue weighted by molar-refractivity contribution is 8.00. The molecule has 0 bridgehead atoms. The summed E-state index contributed by atoms with van der Waals surface area (Å²) in [5.41, 5.74) is 8.42. The van der Waals surface area contributed by atoms with Crippen LogP contribution in [0.4, 0.5) is 0 Å². The zero-order valence-electron chi connectivity index (χ0n) is 65.7. The summed E-state index contributed by atoms with van der Waals surface area (Å²) < 4.78 is 166. The second-order valence-corrected chi connectivity index (χ2v) is 37.7. The lowest BCUT2D eigenvalue weighted by molar-refractivity contribution is -0.264. The van der Waals surface area contributed by atoms with Gasteiger partial charge in [0.15, 0.2) is 23.1 Å². The lowest BCUT2D eigenvalue weighted by atomic mass is 10.1. The normalized spacial score (nSPS) is 26.5. The van der Waals surface area contributed by atoms with E-state index in [-0.39, 0.29) is 73.7 Å². The average Bonchev–Trinajstić information content (AvgIpc) is 0.857. The minimum atomic E-state index is -4.82. The van der Waals surface area contributed by atoms with Gasteiger partial charge in [0.1, 0.15) is 84.1 Å². The topological polar surface area (TPSA) is 411 Å². The van der Waals surface area contributed by atoms with Crippen LogP contribution in [0.15, 0.2) is 243 Å². The first-order chi connectivity index (χ1) is 57.9. The third-order valence-electron chi connectivity index (χ3n) is 19.4. The molecule has 6 aliphatic heterocycles. The SMILES string of the molecule is C.CC(=O)O.O=S(=O)(O)O[C@@H](CO)[C@H](O)C[S+]1C[C@@H](O)[C@H](O)[C@H]1CO.O=S(=O)(O)O[C@H]1COC(c2ccccc2)O[C@@H]1C[S+]1C[C@@H](OCc2ccccc2)[C@H](OCc2ccccc2)[C@H]1COCc1ccccc1.O=S1(=O)OC[C@H]2OC(c3ccccc3)OC[C@@H]2O1.c1ccc(COC[C@H]2SC[C@@H](OCc3ccccc3)[C@@H]2OCc2ccccc2)cc1. The minimum absolute atomic E-state index is 0. The molecule has 35 heteroatoms. The molecular weight excluding hydrogens is 1690 g/mol. The molecule has 0 aliphatic carbocycles. The average molecular weight is 1800 g/mol. The predicted molar refractivity (Wildman–Crippen MR) is 455 cm³/mol. The van der Waals surface area contributed by atoms with Crippen LogP contribution in [0.25, 0.3) is 0 Å². The summed E-state index contributed by atoms with van der Waals surface area (Å²) in [4.78, 5) is 9.00. The van der Waals surface area contributed by atoms with Crippen LogP contribution in [0.1, 0.15) is 71.4 Å². The molecule has 29 nitrogen and oxygen atoms in total. The number of aliphatic hydroxyl groups is 5. The summed E-state index contributed by atoms with van der Waals surface area (Å²) in [7, 11) is -14.7. The molecule has 660 valence electrons. The van der Waals surface area contributed by atoms with Crippen molar-refractivity contribution in [1.82, 2.24) is 0 Å². The van der Waals surface area contributed by atoms with Crippen molar-refractivity contribution in [2.24, 2.45) is 0 Å². The molecule has 8 aromatic rings. The van der Waals surface area contributed by atoms with E-state index in [1.807, 2.05) is 218 Å². The highest BCUT2D eigenvalue weighted by Gasteiger charge is 2.56. The monoisotopic (exact) mass is 1800 g/mol. The number of carboxylic acids is 1. The van der Waals surface area contributed by atoms with E-state index in [0.29, 0.717) is 64.4 Å². The zero-order valence-corrected chi connectivity index (χ0v) is 70.6. The summed E-state index contributed by atoms with van der Waals surface area (Å²) >= 11 is 1.89. The highest BCUT2D eigenvalue weighted by atomic mass is 32.3. The second kappa shape index (κ2) is 50.4. The number of hydrogen-bond acceptors (Lipinski definition) is 27. The highest BCUT2D eigenvalue weighted by Crippen LogP contribution is 2.38. The largest absolute Gasteiger partial charge is 0.481 e. The van der Waals surface area contributed by atoms with Crippen molar-refractivity contribution < 1.29 is 134 Å². The van der Waals surface area contributed by atoms with Crippen LogP contribution in [0.3, 0.4) is 0 Å². The van der Waals surface area contributed by atoms with Crippen molar-refractivity contribution in [3.05, 3.63) is 287 Å². The van der Waals surface area contributed by atoms with Crippen molar-refractivity contribution >= 4 is 70.7 Å². The van der Waals surface area contributed by atoms with E-state index >= 15 is 0 Å². The van der Waals surface area contributed by atoms with Gasteiger partial charge in [0, 0.05) is 45.6 Å². The molecule has 0 amide bonds. The van der Waals surface area contributed by atoms with Gasteiger partial charge in [-0.1, -0.05) is 250 Å². The molecule has 0 saturated carbocycles. The first kappa shape index (κ1) is 98.1. The molecule has 121 heavy (non-hydrogen) atoms. The molecule has 0 radical (unpaired) electrons. The molecule has 6 saturated heterocycles. The van der Waals surface area contributed by atoms with Crippen LogP contribution in [0.2, 0.25) is 0 Å². The molecule has 6 aliphatic rings. The number of aliphatic hydroxyl groups excluding tert-OH is 5. The van der Waals surface area contributed by atoms with Crippen LogP contribution < -0.4 is 0 Å². The van der Waals surface area contributed by atoms with E-state index in [1.54, 1.807) is 0 Å². The fourth-order valence-corrected chi connectivity index (χ4v) is 22.3. The van der Waals surface area contributed by atoms with Gasteiger partial charge >= 0.3 is 31.2 Å². The number of fused-ring (bicyclic) bond motifs is 1. The van der Waals surface area contributed by atoms with Crippen LogP contribution in [-0.4, -0.2) is 235 Å². The Bertz CT molecular complexity index is 4580. The number of aliphatic carboxylic acids is 1. The van der Waals surface area contributed by atoms with Gasteiger partial charge in [-0.2, -0.15) is 37.0 Å². The van der Waals surface area contributed by atoms with Crippen LogP contribution >= 0.6 is 11.8 Å². The van der Waals surface area contributed by atoms with E-state index < -0.39 is 139 Å². The van der Waals surface area contributed by atoms with Gasteiger partial charge < -0.3 is 78.0 Å². The Balaban J connectivity index is 0.000000194. The number of ether oxygens (including phenoxy) is 10. The summed E-state index contributed by atoms with van der Waals surface area (Å²) in [6.07, 6.45) is -9.67. The van der Waals surface area contributed by atoms with E-state index in [2.05, 4.69) is 44.8 Å². The number of carboxylic acid groups (broad SMARTS) is 1. The van der Waals surface area contributed by atoms with Crippen molar-refractivity contribution in [3.8, 4) is 0 Å². The smallest absolute Gasteiger partial charge is 0.400 e. The molecule has 0 spiro atoms. The lowest BCUT2D eigenvalue weighted by Gasteiger charge is -2.37. The number of thioether (sulfide) groups is 1. The molecule has 6 heterocycles. The number of carbonyl (C=O) groups is 1. The quantitative estimate of drug-likeness (QED) is 0.0140. The van der Waals surface area contributed by atoms with Gasteiger partial charge in [-0.05, 0) is 33.4 Å². The van der Waals surface area contributed by atoms with Crippen molar-refractivity contribution in [2.75, 3.05) is 75.0 Å². The third-order valence-corrected chi connectivity index (χ3v) is 28.2. The molecular formula is C86H108O29S6+2. The van der Waals surface area contributed by atoms with Crippen LogP contribution in [-0.2, 0) is 162 Å². The third kappa shape index (κ3) is 33.3. The van der Waals surface area contributed by atoms with Crippen molar-refractivity contribution in [2.45, 2.75) is 156 Å².